The molecular formula is C23H27N3O2. The van der Waals surface area contributed by atoms with Crippen LogP contribution in [0.1, 0.15) is 52.1 Å². The van der Waals surface area contributed by atoms with E-state index in [0.29, 0.717) is 11.6 Å². The van der Waals surface area contributed by atoms with Crippen molar-refractivity contribution in [1.82, 2.24) is 14.8 Å². The fourth-order valence-electron chi connectivity index (χ4n) is 4.21. The molecule has 2 aliphatic heterocycles. The van der Waals surface area contributed by atoms with Crippen molar-refractivity contribution in [3.05, 3.63) is 65.5 Å². The smallest absolute Gasteiger partial charge is 0.272 e. The van der Waals surface area contributed by atoms with E-state index in [2.05, 4.69) is 17.1 Å². The van der Waals surface area contributed by atoms with Crippen LogP contribution in [0.4, 0.5) is 0 Å². The minimum atomic E-state index is 0.0313. The van der Waals surface area contributed by atoms with Crippen LogP contribution in [0.15, 0.2) is 48.7 Å². The molecule has 146 valence electrons. The van der Waals surface area contributed by atoms with Gasteiger partial charge in [-0.05, 0) is 67.9 Å². The van der Waals surface area contributed by atoms with Crippen LogP contribution < -0.4 is 0 Å². The number of benzene rings is 1. The number of carbonyl (C=O) groups excluding carboxylic acids is 2. The molecule has 2 aliphatic rings. The van der Waals surface area contributed by atoms with E-state index >= 15 is 0 Å². The van der Waals surface area contributed by atoms with Gasteiger partial charge in [0.05, 0.1) is 0 Å². The Morgan fingerprint density at radius 2 is 1.54 bits per heavy atom. The van der Waals surface area contributed by atoms with Crippen molar-refractivity contribution in [2.75, 3.05) is 26.2 Å². The molecule has 5 nitrogen and oxygen atoms in total. The van der Waals surface area contributed by atoms with Gasteiger partial charge >= 0.3 is 0 Å². The van der Waals surface area contributed by atoms with Crippen molar-refractivity contribution in [3.8, 4) is 0 Å². The zero-order valence-electron chi connectivity index (χ0n) is 16.2. The van der Waals surface area contributed by atoms with E-state index in [4.69, 9.17) is 0 Å². The number of hydrogen-bond donors (Lipinski definition) is 0. The van der Waals surface area contributed by atoms with Crippen molar-refractivity contribution < 1.29 is 9.59 Å². The predicted octanol–water partition coefficient (Wildman–Crippen LogP) is 3.41. The number of pyridine rings is 1. The van der Waals surface area contributed by atoms with Gasteiger partial charge in [0.15, 0.2) is 0 Å². The van der Waals surface area contributed by atoms with Crippen molar-refractivity contribution in [2.45, 2.75) is 32.1 Å². The third kappa shape index (κ3) is 4.24. The number of rotatable bonds is 4. The third-order valence-corrected chi connectivity index (χ3v) is 5.90. The number of carbonyl (C=O) groups is 2. The Balaban J connectivity index is 1.29. The van der Waals surface area contributed by atoms with Crippen molar-refractivity contribution in [3.63, 3.8) is 0 Å². The first kappa shape index (κ1) is 18.7. The quantitative estimate of drug-likeness (QED) is 0.820. The molecule has 0 unspecified atom stereocenters. The largest absolute Gasteiger partial charge is 0.339 e. The zero-order chi connectivity index (χ0) is 19.3. The molecule has 3 heterocycles. The van der Waals surface area contributed by atoms with E-state index in [1.165, 1.54) is 5.56 Å². The van der Waals surface area contributed by atoms with Crippen LogP contribution in [0.5, 0.6) is 0 Å². The summed E-state index contributed by atoms with van der Waals surface area (Å²) in [4.78, 5) is 33.0. The van der Waals surface area contributed by atoms with E-state index in [1.54, 1.807) is 12.3 Å². The zero-order valence-corrected chi connectivity index (χ0v) is 16.2. The standard InChI is InChI=1S/C23H27N3O2/c27-22(25-13-3-4-14-25)20-8-6-18(7-9-20)17-19-10-15-26(16-11-19)23(28)21-5-1-2-12-24-21/h1-2,5-9,12,19H,3-4,10-11,13-17H2. The monoisotopic (exact) mass is 377 g/mol. The molecule has 2 aromatic rings. The number of nitrogens with zero attached hydrogens (tertiary/aromatic N) is 3. The summed E-state index contributed by atoms with van der Waals surface area (Å²) >= 11 is 0. The molecule has 0 N–H and O–H groups in total. The third-order valence-electron chi connectivity index (χ3n) is 5.90. The second-order valence-corrected chi connectivity index (χ2v) is 7.85. The van der Waals surface area contributed by atoms with Gasteiger partial charge in [-0.1, -0.05) is 18.2 Å². The highest BCUT2D eigenvalue weighted by molar-refractivity contribution is 5.94. The molecule has 1 aromatic carbocycles. The van der Waals surface area contributed by atoms with Crippen molar-refractivity contribution >= 4 is 11.8 Å². The maximum absolute atomic E-state index is 12.5. The van der Waals surface area contributed by atoms with Gasteiger partial charge in [0.25, 0.3) is 11.8 Å². The van der Waals surface area contributed by atoms with Gasteiger partial charge in [0.2, 0.25) is 0 Å². The van der Waals surface area contributed by atoms with E-state index in [0.717, 1.165) is 63.8 Å². The van der Waals surface area contributed by atoms with E-state index in [1.807, 2.05) is 34.1 Å². The Morgan fingerprint density at radius 3 is 2.18 bits per heavy atom. The van der Waals surface area contributed by atoms with Crippen LogP contribution in [0.25, 0.3) is 0 Å². The molecule has 1 aromatic heterocycles. The first-order valence-corrected chi connectivity index (χ1v) is 10.3. The first-order chi connectivity index (χ1) is 13.7. The van der Waals surface area contributed by atoms with Crippen LogP contribution in [0.3, 0.4) is 0 Å². The highest BCUT2D eigenvalue weighted by Crippen LogP contribution is 2.23. The van der Waals surface area contributed by atoms with Crippen LogP contribution >= 0.6 is 0 Å². The van der Waals surface area contributed by atoms with Gasteiger partial charge in [-0.3, -0.25) is 14.6 Å². The molecule has 0 bridgehead atoms. The second-order valence-electron chi connectivity index (χ2n) is 7.85. The van der Waals surface area contributed by atoms with Gasteiger partial charge in [-0.15, -0.1) is 0 Å². The average molecular weight is 377 g/mol. The lowest BCUT2D eigenvalue weighted by Gasteiger charge is -2.32. The second kappa shape index (κ2) is 8.55. The van der Waals surface area contributed by atoms with Gasteiger partial charge in [0, 0.05) is 37.9 Å². The summed E-state index contributed by atoms with van der Waals surface area (Å²) in [7, 11) is 0. The molecule has 0 spiro atoms. The Morgan fingerprint density at radius 1 is 0.857 bits per heavy atom. The lowest BCUT2D eigenvalue weighted by atomic mass is 9.89. The van der Waals surface area contributed by atoms with Gasteiger partial charge in [-0.25, -0.2) is 0 Å². The van der Waals surface area contributed by atoms with Crippen LogP contribution in [-0.2, 0) is 6.42 Å². The average Bonchev–Trinajstić information content (AvgIpc) is 3.29. The number of amides is 2. The van der Waals surface area contributed by atoms with Gasteiger partial charge in [0.1, 0.15) is 5.69 Å². The Labute approximate surface area is 166 Å². The van der Waals surface area contributed by atoms with Gasteiger partial charge < -0.3 is 9.80 Å². The Hall–Kier alpha value is -2.69. The van der Waals surface area contributed by atoms with Crippen LogP contribution in [-0.4, -0.2) is 52.8 Å². The lowest BCUT2D eigenvalue weighted by molar-refractivity contribution is 0.0684. The molecular weight excluding hydrogens is 350 g/mol. The molecule has 4 rings (SSSR count). The number of aromatic nitrogens is 1. The summed E-state index contributed by atoms with van der Waals surface area (Å²) in [5.41, 5.74) is 2.59. The summed E-state index contributed by atoms with van der Waals surface area (Å²) in [6.07, 6.45) is 6.92. The summed E-state index contributed by atoms with van der Waals surface area (Å²) in [5.74, 6) is 0.766. The summed E-state index contributed by atoms with van der Waals surface area (Å²) in [6, 6.07) is 13.6. The minimum Gasteiger partial charge on any atom is -0.339 e. The SMILES string of the molecule is O=C(c1ccc(CC2CCN(C(=O)c3ccccn3)CC2)cc1)N1CCCC1. The van der Waals surface area contributed by atoms with E-state index in [9.17, 15) is 9.59 Å². The molecule has 2 fully saturated rings. The Kier molecular flexibility index (Phi) is 5.70. The highest BCUT2D eigenvalue weighted by atomic mass is 16.2. The van der Waals surface area contributed by atoms with Gasteiger partial charge in [-0.2, -0.15) is 0 Å². The van der Waals surface area contributed by atoms with E-state index < -0.39 is 0 Å². The Bertz CT molecular complexity index is 806. The van der Waals surface area contributed by atoms with Crippen molar-refractivity contribution in [2.24, 2.45) is 5.92 Å². The van der Waals surface area contributed by atoms with Crippen LogP contribution in [0.2, 0.25) is 0 Å². The summed E-state index contributed by atoms with van der Waals surface area (Å²) in [6.45, 7) is 3.34. The number of hydrogen-bond acceptors (Lipinski definition) is 3. The molecule has 28 heavy (non-hydrogen) atoms. The summed E-state index contributed by atoms with van der Waals surface area (Å²) in [5, 5.41) is 0. The minimum absolute atomic E-state index is 0.0313. The van der Waals surface area contributed by atoms with E-state index in [-0.39, 0.29) is 11.8 Å². The highest BCUT2D eigenvalue weighted by Gasteiger charge is 2.24. The molecule has 5 heteroatoms. The molecule has 2 amide bonds. The lowest BCUT2D eigenvalue weighted by Crippen LogP contribution is -2.39. The number of likely N-dealkylation sites (tertiary alicyclic amines) is 2. The number of piperidine rings is 1. The molecule has 2 saturated heterocycles. The molecule has 0 atom stereocenters. The van der Waals surface area contributed by atoms with Crippen LogP contribution in [0, 0.1) is 5.92 Å². The first-order valence-electron chi connectivity index (χ1n) is 10.3. The van der Waals surface area contributed by atoms with Crippen molar-refractivity contribution in [1.29, 1.82) is 0 Å². The fourth-order valence-corrected chi connectivity index (χ4v) is 4.21. The topological polar surface area (TPSA) is 53.5 Å². The maximum Gasteiger partial charge on any atom is 0.272 e. The summed E-state index contributed by atoms with van der Waals surface area (Å²) < 4.78 is 0. The maximum atomic E-state index is 12.5. The molecule has 0 saturated carbocycles. The molecule has 0 radical (unpaired) electrons. The fraction of sp³-hybridized carbons (Fsp3) is 0.435. The molecule has 0 aliphatic carbocycles. The normalized spacial score (nSPS) is 17.7. The predicted molar refractivity (Wildman–Crippen MR) is 108 cm³/mol.